The molecule has 1 fully saturated rings. The molecule has 1 aliphatic rings. The zero-order valence-corrected chi connectivity index (χ0v) is 19.6. The van der Waals surface area contributed by atoms with Gasteiger partial charge in [0.05, 0.1) is 17.6 Å². The number of carbonyl (C=O) groups is 1. The lowest BCUT2D eigenvalue weighted by Gasteiger charge is -2.32. The second-order valence-corrected chi connectivity index (χ2v) is 9.24. The number of hydrogen-bond donors (Lipinski definition) is 1. The van der Waals surface area contributed by atoms with Crippen molar-refractivity contribution in [1.29, 1.82) is 0 Å². The number of amides is 1. The smallest absolute Gasteiger partial charge is 0.227 e. The maximum atomic E-state index is 13.8. The van der Waals surface area contributed by atoms with Crippen LogP contribution in [-0.2, 0) is 11.3 Å². The number of nitrogens with zero attached hydrogens (tertiary/aromatic N) is 3. The molecule has 1 amide bonds. The van der Waals surface area contributed by atoms with E-state index in [-0.39, 0.29) is 17.6 Å². The Morgan fingerprint density at radius 2 is 1.74 bits per heavy atom. The SMILES string of the molecule is Cc1cc(C)cc(NC(=O)C2CCN(c3nc4ccccc4n3Cc3cccc(F)c3)CC2)c1. The molecule has 34 heavy (non-hydrogen) atoms. The number of imidazole rings is 1. The van der Waals surface area contributed by atoms with Gasteiger partial charge < -0.3 is 14.8 Å². The van der Waals surface area contributed by atoms with Crippen LogP contribution in [0, 0.1) is 25.6 Å². The molecular formula is C28H29FN4O. The van der Waals surface area contributed by atoms with Crippen LogP contribution in [0.4, 0.5) is 16.0 Å². The molecule has 0 radical (unpaired) electrons. The maximum absolute atomic E-state index is 13.8. The second kappa shape index (κ2) is 9.29. The monoisotopic (exact) mass is 456 g/mol. The Labute approximate surface area is 199 Å². The number of hydrogen-bond acceptors (Lipinski definition) is 3. The third kappa shape index (κ3) is 4.67. The third-order valence-corrected chi connectivity index (χ3v) is 6.50. The molecule has 0 unspecified atom stereocenters. The minimum Gasteiger partial charge on any atom is -0.342 e. The van der Waals surface area contributed by atoms with Crippen LogP contribution < -0.4 is 10.2 Å². The van der Waals surface area contributed by atoms with Gasteiger partial charge in [0.15, 0.2) is 0 Å². The first-order chi connectivity index (χ1) is 16.5. The Balaban J connectivity index is 1.33. The van der Waals surface area contributed by atoms with Gasteiger partial charge in [-0.3, -0.25) is 4.79 Å². The number of fused-ring (bicyclic) bond motifs is 1. The summed E-state index contributed by atoms with van der Waals surface area (Å²) in [7, 11) is 0. The summed E-state index contributed by atoms with van der Waals surface area (Å²) in [4.78, 5) is 20.1. The first kappa shape index (κ1) is 22.1. The van der Waals surface area contributed by atoms with E-state index >= 15 is 0 Å². The number of benzene rings is 3. The average molecular weight is 457 g/mol. The molecule has 0 saturated carbocycles. The summed E-state index contributed by atoms with van der Waals surface area (Å²) in [6.45, 7) is 6.11. The largest absolute Gasteiger partial charge is 0.342 e. The van der Waals surface area contributed by atoms with Gasteiger partial charge in [0.25, 0.3) is 0 Å². The number of halogens is 1. The normalized spacial score (nSPS) is 14.5. The van der Waals surface area contributed by atoms with Crippen molar-refractivity contribution in [2.45, 2.75) is 33.2 Å². The molecule has 0 bridgehead atoms. The molecule has 0 aliphatic carbocycles. The van der Waals surface area contributed by atoms with E-state index in [2.05, 4.69) is 26.9 Å². The van der Waals surface area contributed by atoms with E-state index in [1.807, 2.05) is 50.2 Å². The topological polar surface area (TPSA) is 50.2 Å². The van der Waals surface area contributed by atoms with Crippen LogP contribution in [-0.4, -0.2) is 28.5 Å². The molecule has 1 N–H and O–H groups in total. The fourth-order valence-electron chi connectivity index (χ4n) is 4.91. The molecular weight excluding hydrogens is 427 g/mol. The highest BCUT2D eigenvalue weighted by Gasteiger charge is 2.28. The Bertz CT molecular complexity index is 1320. The highest BCUT2D eigenvalue weighted by molar-refractivity contribution is 5.93. The minimum atomic E-state index is -0.237. The Morgan fingerprint density at radius 3 is 2.47 bits per heavy atom. The summed E-state index contributed by atoms with van der Waals surface area (Å²) in [6, 6.07) is 20.9. The van der Waals surface area contributed by atoms with Gasteiger partial charge in [-0.15, -0.1) is 0 Å². The molecule has 5 rings (SSSR count). The van der Waals surface area contributed by atoms with Crippen molar-refractivity contribution in [3.8, 4) is 0 Å². The van der Waals surface area contributed by atoms with E-state index in [0.717, 1.165) is 65.3 Å². The number of aryl methyl sites for hydroxylation is 2. The molecule has 3 aromatic carbocycles. The van der Waals surface area contributed by atoms with Gasteiger partial charge >= 0.3 is 0 Å². The van der Waals surface area contributed by atoms with Gasteiger partial charge in [0, 0.05) is 24.7 Å². The number of carbonyl (C=O) groups excluding carboxylic acids is 1. The molecule has 0 spiro atoms. The first-order valence-corrected chi connectivity index (χ1v) is 11.8. The van der Waals surface area contributed by atoms with Gasteiger partial charge in [0.1, 0.15) is 5.82 Å². The lowest BCUT2D eigenvalue weighted by Crippen LogP contribution is -2.39. The van der Waals surface area contributed by atoms with Gasteiger partial charge in [-0.25, -0.2) is 9.37 Å². The average Bonchev–Trinajstić information content (AvgIpc) is 3.17. The van der Waals surface area contributed by atoms with E-state index in [0.29, 0.717) is 6.54 Å². The van der Waals surface area contributed by atoms with Crippen molar-refractivity contribution in [1.82, 2.24) is 9.55 Å². The molecule has 174 valence electrons. The summed E-state index contributed by atoms with van der Waals surface area (Å²) >= 11 is 0. The summed E-state index contributed by atoms with van der Waals surface area (Å²) in [5, 5.41) is 3.10. The van der Waals surface area contributed by atoms with E-state index in [1.54, 1.807) is 12.1 Å². The lowest BCUT2D eigenvalue weighted by molar-refractivity contribution is -0.120. The highest BCUT2D eigenvalue weighted by atomic mass is 19.1. The zero-order valence-electron chi connectivity index (χ0n) is 19.6. The molecule has 6 heteroatoms. The molecule has 2 heterocycles. The summed E-state index contributed by atoms with van der Waals surface area (Å²) < 4.78 is 16.0. The van der Waals surface area contributed by atoms with Gasteiger partial charge in [-0.2, -0.15) is 0 Å². The van der Waals surface area contributed by atoms with E-state index in [1.165, 1.54) is 6.07 Å². The van der Waals surface area contributed by atoms with Crippen molar-refractivity contribution >= 4 is 28.6 Å². The van der Waals surface area contributed by atoms with Crippen molar-refractivity contribution in [3.63, 3.8) is 0 Å². The number of para-hydroxylation sites is 2. The fraction of sp³-hybridized carbons (Fsp3) is 0.286. The van der Waals surface area contributed by atoms with Crippen molar-refractivity contribution in [3.05, 3.63) is 89.2 Å². The molecule has 4 aromatic rings. The van der Waals surface area contributed by atoms with Crippen LogP contribution >= 0.6 is 0 Å². The standard InChI is InChI=1S/C28H29FN4O/c1-19-14-20(2)16-24(15-19)30-27(34)22-10-12-32(13-11-22)28-31-25-8-3-4-9-26(25)33(28)18-21-6-5-7-23(29)17-21/h3-9,14-17,22H,10-13,18H2,1-2H3,(H,30,34). The van der Waals surface area contributed by atoms with Crippen LogP contribution in [0.25, 0.3) is 11.0 Å². The number of rotatable bonds is 5. The number of aromatic nitrogens is 2. The highest BCUT2D eigenvalue weighted by Crippen LogP contribution is 2.28. The number of nitrogens with one attached hydrogen (secondary N) is 1. The molecule has 1 saturated heterocycles. The Hall–Kier alpha value is -3.67. The molecule has 0 atom stereocenters. The minimum absolute atomic E-state index is 0.0295. The first-order valence-electron chi connectivity index (χ1n) is 11.8. The van der Waals surface area contributed by atoms with E-state index in [9.17, 15) is 9.18 Å². The van der Waals surface area contributed by atoms with Crippen LogP contribution in [0.5, 0.6) is 0 Å². The fourth-order valence-corrected chi connectivity index (χ4v) is 4.91. The Morgan fingerprint density at radius 1 is 1.00 bits per heavy atom. The van der Waals surface area contributed by atoms with Crippen LogP contribution in [0.15, 0.2) is 66.7 Å². The van der Waals surface area contributed by atoms with Gasteiger partial charge in [0.2, 0.25) is 11.9 Å². The van der Waals surface area contributed by atoms with Crippen molar-refractivity contribution in [2.24, 2.45) is 5.92 Å². The summed E-state index contributed by atoms with van der Waals surface area (Å²) in [6.07, 6.45) is 1.53. The second-order valence-electron chi connectivity index (χ2n) is 9.24. The summed E-state index contributed by atoms with van der Waals surface area (Å²) in [5.41, 5.74) is 5.98. The third-order valence-electron chi connectivity index (χ3n) is 6.50. The van der Waals surface area contributed by atoms with Gasteiger partial charge in [-0.05, 0) is 79.8 Å². The predicted octanol–water partition coefficient (Wildman–Crippen LogP) is 5.70. The zero-order chi connectivity index (χ0) is 23.7. The van der Waals surface area contributed by atoms with Crippen LogP contribution in [0.1, 0.15) is 29.5 Å². The molecule has 1 aliphatic heterocycles. The van der Waals surface area contributed by atoms with Gasteiger partial charge in [-0.1, -0.05) is 30.3 Å². The Kier molecular flexibility index (Phi) is 6.05. The maximum Gasteiger partial charge on any atom is 0.227 e. The van der Waals surface area contributed by atoms with Crippen molar-refractivity contribution in [2.75, 3.05) is 23.3 Å². The van der Waals surface area contributed by atoms with Crippen LogP contribution in [0.3, 0.4) is 0 Å². The van der Waals surface area contributed by atoms with Crippen LogP contribution in [0.2, 0.25) is 0 Å². The number of anilines is 2. The van der Waals surface area contributed by atoms with Crippen molar-refractivity contribution < 1.29 is 9.18 Å². The predicted molar refractivity (Wildman–Crippen MR) is 135 cm³/mol. The lowest BCUT2D eigenvalue weighted by atomic mass is 9.96. The quantitative estimate of drug-likeness (QED) is 0.419. The molecule has 5 nitrogen and oxygen atoms in total. The summed E-state index contributed by atoms with van der Waals surface area (Å²) in [5.74, 6) is 0.689. The number of piperidine rings is 1. The van der Waals surface area contributed by atoms with E-state index in [4.69, 9.17) is 4.98 Å². The molecule has 1 aromatic heterocycles. The van der Waals surface area contributed by atoms with E-state index < -0.39 is 0 Å².